The number of amides is 1. The summed E-state index contributed by atoms with van der Waals surface area (Å²) in [5, 5.41) is 12.7. The van der Waals surface area contributed by atoms with E-state index in [4.69, 9.17) is 21.6 Å². The van der Waals surface area contributed by atoms with E-state index in [0.717, 1.165) is 31.2 Å². The third kappa shape index (κ3) is 4.31. The molecule has 0 saturated carbocycles. The number of nitriles is 1. The third-order valence-electron chi connectivity index (χ3n) is 6.11. The molecule has 1 amide bonds. The molecule has 31 heavy (non-hydrogen) atoms. The van der Waals surface area contributed by atoms with Crippen molar-refractivity contribution in [3.8, 4) is 11.9 Å². The molecule has 2 aliphatic heterocycles. The Labute approximate surface area is 187 Å². The Balaban J connectivity index is 1.47. The quantitative estimate of drug-likeness (QED) is 0.731. The van der Waals surface area contributed by atoms with Crippen LogP contribution in [0.2, 0.25) is 5.02 Å². The first-order valence-electron chi connectivity index (χ1n) is 10.6. The van der Waals surface area contributed by atoms with Gasteiger partial charge in [-0.1, -0.05) is 25.4 Å². The average molecular weight is 440 g/mol. The number of hydrogen-bond donors (Lipinski definition) is 1. The highest BCUT2D eigenvalue weighted by atomic mass is 35.5. The van der Waals surface area contributed by atoms with Crippen molar-refractivity contribution >= 4 is 29.0 Å². The first-order valence-corrected chi connectivity index (χ1v) is 11.0. The number of hydrogen-bond acceptors (Lipinski definition) is 6. The van der Waals surface area contributed by atoms with E-state index >= 15 is 0 Å². The van der Waals surface area contributed by atoms with E-state index in [0.29, 0.717) is 28.0 Å². The SMILES string of the molecule is Cc1c(Nc2ccc(C#N)cc2Cl)ncnc1OC1C[C@H]2CC[C@@H](C1)N2C(=O)C(C)C. The van der Waals surface area contributed by atoms with Crippen LogP contribution >= 0.6 is 11.6 Å². The van der Waals surface area contributed by atoms with Crippen LogP contribution in [0, 0.1) is 24.2 Å². The maximum atomic E-state index is 12.6. The maximum Gasteiger partial charge on any atom is 0.225 e. The molecule has 3 atom stereocenters. The van der Waals surface area contributed by atoms with E-state index < -0.39 is 0 Å². The molecular formula is C23H26ClN5O2. The van der Waals surface area contributed by atoms with Crippen molar-refractivity contribution in [2.24, 2.45) is 5.92 Å². The number of anilines is 2. The van der Waals surface area contributed by atoms with Gasteiger partial charge in [-0.05, 0) is 38.0 Å². The molecule has 1 N–H and O–H groups in total. The van der Waals surface area contributed by atoms with Crippen molar-refractivity contribution in [3.63, 3.8) is 0 Å². The van der Waals surface area contributed by atoms with E-state index in [2.05, 4.69) is 26.3 Å². The van der Waals surface area contributed by atoms with Crippen molar-refractivity contribution in [2.45, 2.75) is 64.6 Å². The van der Waals surface area contributed by atoms with E-state index in [1.54, 1.807) is 18.2 Å². The van der Waals surface area contributed by atoms with Crippen LogP contribution in [0.3, 0.4) is 0 Å². The van der Waals surface area contributed by atoms with Crippen LogP contribution < -0.4 is 10.1 Å². The Kier molecular flexibility index (Phi) is 6.01. The van der Waals surface area contributed by atoms with Crippen molar-refractivity contribution in [1.29, 1.82) is 5.26 Å². The molecule has 0 radical (unpaired) electrons. The Hall–Kier alpha value is -2.85. The Morgan fingerprint density at radius 1 is 1.29 bits per heavy atom. The molecule has 4 rings (SSSR count). The lowest BCUT2D eigenvalue weighted by Crippen LogP contribution is -2.50. The molecule has 2 aromatic rings. The van der Waals surface area contributed by atoms with Gasteiger partial charge in [0.05, 0.1) is 27.9 Å². The second kappa shape index (κ2) is 8.72. The van der Waals surface area contributed by atoms with Crippen LogP contribution in [0.1, 0.15) is 50.7 Å². The van der Waals surface area contributed by atoms with Crippen molar-refractivity contribution in [1.82, 2.24) is 14.9 Å². The lowest BCUT2D eigenvalue weighted by molar-refractivity contribution is -0.140. The van der Waals surface area contributed by atoms with Gasteiger partial charge in [-0.3, -0.25) is 4.79 Å². The minimum atomic E-state index is 0.0207. The van der Waals surface area contributed by atoms with Crippen LogP contribution in [-0.2, 0) is 4.79 Å². The second-order valence-electron chi connectivity index (χ2n) is 8.58. The summed E-state index contributed by atoms with van der Waals surface area (Å²) in [6, 6.07) is 7.62. The highest BCUT2D eigenvalue weighted by Gasteiger charge is 2.44. The van der Waals surface area contributed by atoms with Gasteiger partial charge in [-0.25, -0.2) is 9.97 Å². The number of carbonyl (C=O) groups excluding carboxylic acids is 1. The van der Waals surface area contributed by atoms with Gasteiger partial charge in [-0.2, -0.15) is 5.26 Å². The molecule has 3 heterocycles. The third-order valence-corrected chi connectivity index (χ3v) is 6.42. The Morgan fingerprint density at radius 2 is 2.00 bits per heavy atom. The molecule has 1 aromatic heterocycles. The van der Waals surface area contributed by atoms with Crippen LogP contribution in [0.4, 0.5) is 11.5 Å². The lowest BCUT2D eigenvalue weighted by atomic mass is 9.98. The largest absolute Gasteiger partial charge is 0.474 e. The zero-order valence-electron chi connectivity index (χ0n) is 17.9. The molecule has 162 valence electrons. The fraction of sp³-hybridized carbons (Fsp3) is 0.478. The number of piperidine rings is 1. The summed E-state index contributed by atoms with van der Waals surface area (Å²) < 4.78 is 6.30. The molecule has 1 unspecified atom stereocenters. The van der Waals surface area contributed by atoms with Gasteiger partial charge in [0, 0.05) is 30.8 Å². The summed E-state index contributed by atoms with van der Waals surface area (Å²) in [6.45, 7) is 5.83. The molecule has 7 nitrogen and oxygen atoms in total. The van der Waals surface area contributed by atoms with Crippen LogP contribution in [0.5, 0.6) is 5.88 Å². The van der Waals surface area contributed by atoms with Crippen molar-refractivity contribution in [3.05, 3.63) is 40.7 Å². The summed E-state index contributed by atoms with van der Waals surface area (Å²) >= 11 is 6.29. The van der Waals surface area contributed by atoms with E-state index in [1.165, 1.54) is 6.33 Å². The monoisotopic (exact) mass is 439 g/mol. The number of nitrogens with one attached hydrogen (secondary N) is 1. The number of halogens is 1. The first-order chi connectivity index (χ1) is 14.9. The van der Waals surface area contributed by atoms with Gasteiger partial charge in [0.1, 0.15) is 18.2 Å². The summed E-state index contributed by atoms with van der Waals surface area (Å²) in [7, 11) is 0. The zero-order chi connectivity index (χ0) is 22.1. The highest BCUT2D eigenvalue weighted by molar-refractivity contribution is 6.33. The van der Waals surface area contributed by atoms with Gasteiger partial charge in [0.25, 0.3) is 0 Å². The van der Waals surface area contributed by atoms with Crippen molar-refractivity contribution < 1.29 is 9.53 Å². The molecule has 2 saturated heterocycles. The van der Waals surface area contributed by atoms with Gasteiger partial charge in [0.2, 0.25) is 11.8 Å². The standard InChI is InChI=1S/C23H26ClN5O2/c1-13(2)23(30)29-16-5-6-17(29)10-18(9-16)31-22-14(3)21(26-12-27-22)28-20-7-4-15(11-25)8-19(20)24/h4,7-8,12-13,16-18H,5-6,9-10H2,1-3H3,(H,26,27,28)/t16-,17+,18?. The number of carbonyl (C=O) groups is 1. The van der Waals surface area contributed by atoms with Gasteiger partial charge < -0.3 is 15.0 Å². The molecule has 0 aliphatic carbocycles. The van der Waals surface area contributed by atoms with E-state index in [9.17, 15) is 4.79 Å². The summed E-state index contributed by atoms with van der Waals surface area (Å²) in [6.07, 6.45) is 5.21. The average Bonchev–Trinajstić information content (AvgIpc) is 3.01. The fourth-order valence-corrected chi connectivity index (χ4v) is 4.76. The molecule has 2 fully saturated rings. The first kappa shape index (κ1) is 21.4. The van der Waals surface area contributed by atoms with E-state index in [-0.39, 0.29) is 30.0 Å². The molecule has 0 spiro atoms. The molecule has 2 bridgehead atoms. The van der Waals surface area contributed by atoms with Gasteiger partial charge in [-0.15, -0.1) is 0 Å². The highest BCUT2D eigenvalue weighted by Crippen LogP contribution is 2.39. The zero-order valence-corrected chi connectivity index (χ0v) is 18.7. The number of benzene rings is 1. The predicted octanol–water partition coefficient (Wildman–Crippen LogP) is 4.61. The normalized spacial score (nSPS) is 22.3. The van der Waals surface area contributed by atoms with Gasteiger partial charge in [0.15, 0.2) is 0 Å². The molecule has 1 aromatic carbocycles. The smallest absolute Gasteiger partial charge is 0.225 e. The summed E-state index contributed by atoms with van der Waals surface area (Å²) in [4.78, 5) is 23.4. The van der Waals surface area contributed by atoms with Crippen LogP contribution in [-0.4, -0.2) is 39.0 Å². The van der Waals surface area contributed by atoms with Gasteiger partial charge >= 0.3 is 0 Å². The lowest BCUT2D eigenvalue weighted by Gasteiger charge is -2.39. The topological polar surface area (TPSA) is 91.1 Å². The second-order valence-corrected chi connectivity index (χ2v) is 8.99. The number of fused-ring (bicyclic) bond motifs is 2. The Morgan fingerprint density at radius 3 is 2.61 bits per heavy atom. The Bertz CT molecular complexity index is 1020. The number of rotatable bonds is 5. The minimum Gasteiger partial charge on any atom is -0.474 e. The van der Waals surface area contributed by atoms with E-state index in [1.807, 2.05) is 20.8 Å². The molecule has 2 aliphatic rings. The predicted molar refractivity (Wildman–Crippen MR) is 118 cm³/mol. The number of aromatic nitrogens is 2. The molecular weight excluding hydrogens is 414 g/mol. The number of nitrogens with zero attached hydrogens (tertiary/aromatic N) is 4. The summed E-state index contributed by atoms with van der Waals surface area (Å²) in [5.74, 6) is 1.41. The van der Waals surface area contributed by atoms with Crippen molar-refractivity contribution in [2.75, 3.05) is 5.32 Å². The maximum absolute atomic E-state index is 12.6. The molecule has 8 heteroatoms. The summed E-state index contributed by atoms with van der Waals surface area (Å²) in [5.41, 5.74) is 1.94. The number of ether oxygens (including phenoxy) is 1. The van der Waals surface area contributed by atoms with Crippen LogP contribution in [0.15, 0.2) is 24.5 Å². The fourth-order valence-electron chi connectivity index (χ4n) is 4.53. The van der Waals surface area contributed by atoms with Crippen LogP contribution in [0.25, 0.3) is 0 Å². The minimum absolute atomic E-state index is 0.0207.